The molecule has 0 bridgehead atoms. The summed E-state index contributed by atoms with van der Waals surface area (Å²) in [6, 6.07) is 7.48. The molecule has 4 rings (SSSR count). The number of hydrogen-bond donors (Lipinski definition) is 1. The molecule has 1 fully saturated rings. The van der Waals surface area contributed by atoms with E-state index in [4.69, 9.17) is 9.47 Å². The molecule has 2 aliphatic heterocycles. The van der Waals surface area contributed by atoms with Crippen molar-refractivity contribution in [1.82, 2.24) is 14.7 Å². The highest BCUT2D eigenvalue weighted by Gasteiger charge is 2.25. The zero-order chi connectivity index (χ0) is 17.2. The number of ether oxygens (including phenoxy) is 2. The molecule has 3 heterocycles. The van der Waals surface area contributed by atoms with E-state index in [1.807, 2.05) is 10.7 Å². The number of amides is 1. The van der Waals surface area contributed by atoms with Crippen LogP contribution in [0, 0.1) is 0 Å². The van der Waals surface area contributed by atoms with Crippen LogP contribution in [0.4, 0.5) is 5.82 Å². The summed E-state index contributed by atoms with van der Waals surface area (Å²) in [7, 11) is 0. The molecule has 132 valence electrons. The average Bonchev–Trinajstić information content (AvgIpc) is 3.30. The molecule has 1 aromatic carbocycles. The fourth-order valence-electron chi connectivity index (χ4n) is 3.48. The highest BCUT2D eigenvalue weighted by atomic mass is 16.7. The topological polar surface area (TPSA) is 68.6 Å². The molecule has 7 heteroatoms. The van der Waals surface area contributed by atoms with E-state index in [-0.39, 0.29) is 12.7 Å². The lowest BCUT2D eigenvalue weighted by Gasteiger charge is -2.31. The Morgan fingerprint density at radius 1 is 1.28 bits per heavy atom. The SMILES string of the molecule is CCN1CCC(n2nccc2NC(=O)c2cccc3c2OCO3)CC1. The lowest BCUT2D eigenvalue weighted by Crippen LogP contribution is -2.35. The maximum absolute atomic E-state index is 12.7. The number of rotatable bonds is 4. The third kappa shape index (κ3) is 3.07. The van der Waals surface area contributed by atoms with E-state index in [9.17, 15) is 4.79 Å². The van der Waals surface area contributed by atoms with E-state index in [2.05, 4.69) is 22.2 Å². The molecule has 2 aliphatic rings. The van der Waals surface area contributed by atoms with Gasteiger partial charge in [-0.15, -0.1) is 0 Å². The van der Waals surface area contributed by atoms with Gasteiger partial charge in [-0.25, -0.2) is 4.68 Å². The predicted octanol–water partition coefficient (Wildman–Crippen LogP) is 2.52. The standard InChI is InChI=1S/C18H22N4O3/c1-2-21-10-7-13(8-11-21)22-16(6-9-19-22)20-18(23)14-4-3-5-15-17(14)25-12-24-15/h3-6,9,13H,2,7-8,10-12H2,1H3,(H,20,23). The van der Waals surface area contributed by atoms with E-state index in [0.29, 0.717) is 23.1 Å². The van der Waals surface area contributed by atoms with Gasteiger partial charge in [-0.1, -0.05) is 13.0 Å². The maximum Gasteiger partial charge on any atom is 0.260 e. The molecule has 1 amide bonds. The molecular weight excluding hydrogens is 320 g/mol. The normalized spacial score (nSPS) is 17.6. The molecule has 0 aliphatic carbocycles. The summed E-state index contributed by atoms with van der Waals surface area (Å²) >= 11 is 0. The maximum atomic E-state index is 12.7. The Morgan fingerprint density at radius 3 is 2.92 bits per heavy atom. The number of benzene rings is 1. The van der Waals surface area contributed by atoms with Crippen LogP contribution >= 0.6 is 0 Å². The third-order valence-corrected chi connectivity index (χ3v) is 4.90. The molecule has 0 radical (unpaired) electrons. The van der Waals surface area contributed by atoms with Crippen molar-refractivity contribution in [3.05, 3.63) is 36.0 Å². The van der Waals surface area contributed by atoms with Gasteiger partial charge in [0.05, 0.1) is 17.8 Å². The fraction of sp³-hybridized carbons (Fsp3) is 0.444. The van der Waals surface area contributed by atoms with Crippen LogP contribution in [0.5, 0.6) is 11.5 Å². The van der Waals surface area contributed by atoms with Crippen molar-refractivity contribution < 1.29 is 14.3 Å². The van der Waals surface area contributed by atoms with E-state index in [1.165, 1.54) is 0 Å². The van der Waals surface area contributed by atoms with Crippen LogP contribution in [0.3, 0.4) is 0 Å². The molecule has 0 atom stereocenters. The van der Waals surface area contributed by atoms with Crippen molar-refractivity contribution in [1.29, 1.82) is 0 Å². The fourth-order valence-corrected chi connectivity index (χ4v) is 3.48. The van der Waals surface area contributed by atoms with Crippen molar-refractivity contribution in [3.63, 3.8) is 0 Å². The molecule has 0 unspecified atom stereocenters. The zero-order valence-electron chi connectivity index (χ0n) is 14.3. The number of nitrogens with zero attached hydrogens (tertiary/aromatic N) is 3. The first kappa shape index (κ1) is 16.0. The quantitative estimate of drug-likeness (QED) is 0.925. The molecule has 1 saturated heterocycles. The van der Waals surface area contributed by atoms with Crippen LogP contribution in [-0.2, 0) is 0 Å². The van der Waals surface area contributed by atoms with Gasteiger partial charge in [-0.3, -0.25) is 4.79 Å². The number of anilines is 1. The Kier molecular flexibility index (Phi) is 4.31. The van der Waals surface area contributed by atoms with E-state index in [1.54, 1.807) is 24.4 Å². The Hall–Kier alpha value is -2.54. The molecule has 0 spiro atoms. The first-order valence-electron chi connectivity index (χ1n) is 8.72. The van der Waals surface area contributed by atoms with Crippen molar-refractivity contribution in [2.24, 2.45) is 0 Å². The largest absolute Gasteiger partial charge is 0.454 e. The summed E-state index contributed by atoms with van der Waals surface area (Å²) in [4.78, 5) is 15.1. The van der Waals surface area contributed by atoms with Gasteiger partial charge in [0.15, 0.2) is 11.5 Å². The van der Waals surface area contributed by atoms with E-state index >= 15 is 0 Å². The summed E-state index contributed by atoms with van der Waals surface area (Å²) in [5, 5.41) is 7.41. The lowest BCUT2D eigenvalue weighted by atomic mass is 10.1. The second-order valence-electron chi connectivity index (χ2n) is 6.32. The van der Waals surface area contributed by atoms with Gasteiger partial charge < -0.3 is 19.7 Å². The second kappa shape index (κ2) is 6.76. The molecule has 1 aromatic heterocycles. The van der Waals surface area contributed by atoms with Crippen molar-refractivity contribution in [2.45, 2.75) is 25.8 Å². The van der Waals surface area contributed by atoms with Crippen LogP contribution in [0.15, 0.2) is 30.5 Å². The van der Waals surface area contributed by atoms with Gasteiger partial charge >= 0.3 is 0 Å². The molecule has 25 heavy (non-hydrogen) atoms. The smallest absolute Gasteiger partial charge is 0.260 e. The lowest BCUT2D eigenvalue weighted by molar-refractivity contribution is 0.102. The molecule has 1 N–H and O–H groups in total. The average molecular weight is 342 g/mol. The van der Waals surface area contributed by atoms with E-state index in [0.717, 1.165) is 38.3 Å². The first-order valence-corrected chi connectivity index (χ1v) is 8.72. The van der Waals surface area contributed by atoms with E-state index < -0.39 is 0 Å². The number of fused-ring (bicyclic) bond motifs is 1. The summed E-state index contributed by atoms with van der Waals surface area (Å²) in [6.07, 6.45) is 3.81. The Bertz CT molecular complexity index is 765. The van der Waals surface area contributed by atoms with Gasteiger partial charge in [0.1, 0.15) is 5.82 Å². The van der Waals surface area contributed by atoms with Crippen molar-refractivity contribution in [2.75, 3.05) is 31.7 Å². The highest BCUT2D eigenvalue weighted by molar-refractivity contribution is 6.06. The first-order chi connectivity index (χ1) is 12.3. The number of carbonyl (C=O) groups excluding carboxylic acids is 1. The van der Waals surface area contributed by atoms with Gasteiger partial charge in [0.25, 0.3) is 5.91 Å². The number of aromatic nitrogens is 2. The van der Waals surface area contributed by atoms with Crippen LogP contribution < -0.4 is 14.8 Å². The summed E-state index contributed by atoms with van der Waals surface area (Å²) in [5.74, 6) is 1.61. The van der Waals surface area contributed by atoms with Crippen LogP contribution in [0.25, 0.3) is 0 Å². The molecular formula is C18H22N4O3. The Morgan fingerprint density at radius 2 is 2.12 bits per heavy atom. The number of piperidine rings is 1. The minimum absolute atomic E-state index is 0.146. The number of carbonyl (C=O) groups is 1. The highest BCUT2D eigenvalue weighted by Crippen LogP contribution is 2.35. The summed E-state index contributed by atoms with van der Waals surface area (Å²) in [5.41, 5.74) is 0.476. The van der Waals surface area contributed by atoms with Crippen LogP contribution in [0.1, 0.15) is 36.2 Å². The number of hydrogen-bond acceptors (Lipinski definition) is 5. The minimum atomic E-state index is -0.213. The van der Waals surface area contributed by atoms with Crippen molar-refractivity contribution >= 4 is 11.7 Å². The Labute approximate surface area is 146 Å². The number of para-hydroxylation sites is 1. The van der Waals surface area contributed by atoms with Crippen molar-refractivity contribution in [3.8, 4) is 11.5 Å². The molecule has 0 saturated carbocycles. The zero-order valence-corrected chi connectivity index (χ0v) is 14.3. The molecule has 2 aromatic rings. The third-order valence-electron chi connectivity index (χ3n) is 4.90. The van der Waals surface area contributed by atoms with Crippen LogP contribution in [-0.4, -0.2) is 47.0 Å². The number of nitrogens with one attached hydrogen (secondary N) is 1. The minimum Gasteiger partial charge on any atom is -0.454 e. The second-order valence-corrected chi connectivity index (χ2v) is 6.32. The monoisotopic (exact) mass is 342 g/mol. The van der Waals surface area contributed by atoms with Gasteiger partial charge in [-0.05, 0) is 31.5 Å². The summed E-state index contributed by atoms with van der Waals surface area (Å²) < 4.78 is 12.7. The number of likely N-dealkylation sites (tertiary alicyclic amines) is 1. The van der Waals surface area contributed by atoms with Gasteiger partial charge in [0.2, 0.25) is 6.79 Å². The Balaban J connectivity index is 1.50. The molecule has 7 nitrogen and oxygen atoms in total. The van der Waals surface area contributed by atoms with Gasteiger partial charge in [0, 0.05) is 19.2 Å². The predicted molar refractivity (Wildman–Crippen MR) is 93.1 cm³/mol. The van der Waals surface area contributed by atoms with Gasteiger partial charge in [-0.2, -0.15) is 5.10 Å². The summed E-state index contributed by atoms with van der Waals surface area (Å²) in [6.45, 7) is 5.53. The van der Waals surface area contributed by atoms with Crippen LogP contribution in [0.2, 0.25) is 0 Å².